The minimum absolute atomic E-state index is 0.0136. The van der Waals surface area contributed by atoms with Crippen molar-refractivity contribution in [2.75, 3.05) is 0 Å². The van der Waals surface area contributed by atoms with Crippen molar-refractivity contribution in [2.24, 2.45) is 0 Å². The molecule has 0 aromatic heterocycles. The quantitative estimate of drug-likeness (QED) is 0.594. The number of halogens is 3. The van der Waals surface area contributed by atoms with E-state index in [1.807, 2.05) is 0 Å². The standard InChI is InChI=1S/C12H11BrF2O3/c1-2-8(16)6-10(17)9-4-3-7(13)5-11(9)18-12(14)15/h3-5,12H,2,6H2,1H3. The number of benzene rings is 1. The predicted molar refractivity (Wildman–Crippen MR) is 65.0 cm³/mol. The fourth-order valence-corrected chi connectivity index (χ4v) is 1.66. The molecule has 0 spiro atoms. The van der Waals surface area contributed by atoms with Crippen molar-refractivity contribution in [2.45, 2.75) is 26.4 Å². The lowest BCUT2D eigenvalue weighted by Crippen LogP contribution is -2.11. The van der Waals surface area contributed by atoms with Gasteiger partial charge in [0.25, 0.3) is 0 Å². The van der Waals surface area contributed by atoms with E-state index in [1.54, 1.807) is 6.92 Å². The molecule has 0 bridgehead atoms. The van der Waals surface area contributed by atoms with Gasteiger partial charge >= 0.3 is 6.61 Å². The van der Waals surface area contributed by atoms with Gasteiger partial charge in [0.1, 0.15) is 11.5 Å². The number of carbonyl (C=O) groups excluding carboxylic acids is 2. The van der Waals surface area contributed by atoms with Crippen LogP contribution in [0.25, 0.3) is 0 Å². The molecule has 1 rings (SSSR count). The van der Waals surface area contributed by atoms with Crippen LogP contribution >= 0.6 is 15.9 Å². The van der Waals surface area contributed by atoms with E-state index in [4.69, 9.17) is 0 Å². The van der Waals surface area contributed by atoms with E-state index in [2.05, 4.69) is 20.7 Å². The summed E-state index contributed by atoms with van der Waals surface area (Å²) >= 11 is 3.10. The Labute approximate surface area is 111 Å². The van der Waals surface area contributed by atoms with Crippen molar-refractivity contribution in [3.8, 4) is 5.75 Å². The van der Waals surface area contributed by atoms with Gasteiger partial charge in [0.05, 0.1) is 12.0 Å². The highest BCUT2D eigenvalue weighted by Gasteiger charge is 2.18. The van der Waals surface area contributed by atoms with Gasteiger partial charge in [-0.15, -0.1) is 0 Å². The molecular weight excluding hydrogens is 310 g/mol. The maximum Gasteiger partial charge on any atom is 0.387 e. The number of hydrogen-bond acceptors (Lipinski definition) is 3. The zero-order valence-electron chi connectivity index (χ0n) is 9.58. The third-order valence-corrected chi connectivity index (χ3v) is 2.71. The van der Waals surface area contributed by atoms with Crippen molar-refractivity contribution >= 4 is 27.5 Å². The topological polar surface area (TPSA) is 43.4 Å². The third-order valence-electron chi connectivity index (χ3n) is 2.21. The summed E-state index contributed by atoms with van der Waals surface area (Å²) in [5, 5.41) is 0. The van der Waals surface area contributed by atoms with Crippen LogP contribution in [-0.4, -0.2) is 18.2 Å². The molecule has 0 amide bonds. The molecule has 0 aliphatic carbocycles. The van der Waals surface area contributed by atoms with E-state index < -0.39 is 12.4 Å². The molecule has 0 unspecified atom stereocenters. The van der Waals surface area contributed by atoms with Crippen molar-refractivity contribution in [3.05, 3.63) is 28.2 Å². The Bertz CT molecular complexity index is 461. The van der Waals surface area contributed by atoms with Crippen LogP contribution in [0, 0.1) is 0 Å². The van der Waals surface area contributed by atoms with Gasteiger partial charge in [-0.05, 0) is 18.2 Å². The predicted octanol–water partition coefficient (Wildman–Crippen LogP) is 3.60. The molecule has 98 valence electrons. The van der Waals surface area contributed by atoms with Gasteiger partial charge in [0.15, 0.2) is 5.78 Å². The van der Waals surface area contributed by atoms with Gasteiger partial charge < -0.3 is 4.74 Å². The Kier molecular flexibility index (Phi) is 5.40. The first-order chi connectivity index (χ1) is 8.43. The van der Waals surface area contributed by atoms with Crippen LogP contribution in [0.4, 0.5) is 8.78 Å². The fraction of sp³-hybridized carbons (Fsp3) is 0.333. The van der Waals surface area contributed by atoms with Gasteiger partial charge in [0.2, 0.25) is 0 Å². The van der Waals surface area contributed by atoms with Crippen LogP contribution < -0.4 is 4.74 Å². The Morgan fingerprint density at radius 2 is 2.06 bits per heavy atom. The van der Waals surface area contributed by atoms with Crippen LogP contribution in [-0.2, 0) is 4.79 Å². The molecule has 0 N–H and O–H groups in total. The second kappa shape index (κ2) is 6.58. The summed E-state index contributed by atoms with van der Waals surface area (Å²) < 4.78 is 29.2. The van der Waals surface area contributed by atoms with E-state index in [0.717, 1.165) is 0 Å². The number of ether oxygens (including phenoxy) is 1. The van der Waals surface area contributed by atoms with Crippen molar-refractivity contribution in [3.63, 3.8) is 0 Å². The van der Waals surface area contributed by atoms with E-state index in [1.165, 1.54) is 18.2 Å². The zero-order chi connectivity index (χ0) is 13.7. The summed E-state index contributed by atoms with van der Waals surface area (Å²) in [6.07, 6.45) is -0.0783. The molecule has 0 radical (unpaired) electrons. The lowest BCUT2D eigenvalue weighted by atomic mass is 10.0. The molecule has 0 saturated carbocycles. The van der Waals surface area contributed by atoms with Crippen LogP contribution in [0.15, 0.2) is 22.7 Å². The lowest BCUT2D eigenvalue weighted by molar-refractivity contribution is -0.117. The van der Waals surface area contributed by atoms with Gasteiger partial charge in [-0.3, -0.25) is 9.59 Å². The fourth-order valence-electron chi connectivity index (χ4n) is 1.32. The molecule has 1 aromatic rings. The Morgan fingerprint density at radius 1 is 1.39 bits per heavy atom. The average molecular weight is 321 g/mol. The molecule has 0 saturated heterocycles. The van der Waals surface area contributed by atoms with Gasteiger partial charge in [-0.1, -0.05) is 22.9 Å². The van der Waals surface area contributed by atoms with Crippen LogP contribution in [0.1, 0.15) is 30.1 Å². The van der Waals surface area contributed by atoms with Crippen molar-refractivity contribution in [1.82, 2.24) is 0 Å². The van der Waals surface area contributed by atoms with E-state index in [-0.39, 0.29) is 29.9 Å². The number of rotatable bonds is 6. The molecule has 0 aliphatic heterocycles. The average Bonchev–Trinajstić information content (AvgIpc) is 2.27. The highest BCUT2D eigenvalue weighted by atomic mass is 79.9. The number of alkyl halides is 2. The summed E-state index contributed by atoms with van der Waals surface area (Å²) in [5.74, 6) is -0.996. The van der Waals surface area contributed by atoms with Gasteiger partial charge in [-0.2, -0.15) is 8.78 Å². The number of Topliss-reactive ketones (excluding diaryl/α,β-unsaturated/α-hetero) is 2. The molecule has 1 aromatic carbocycles. The SMILES string of the molecule is CCC(=O)CC(=O)c1ccc(Br)cc1OC(F)F. The Hall–Kier alpha value is -1.30. The second-order valence-electron chi connectivity index (χ2n) is 3.51. The highest BCUT2D eigenvalue weighted by molar-refractivity contribution is 9.10. The maximum atomic E-state index is 12.2. The first kappa shape index (κ1) is 14.8. The summed E-state index contributed by atoms with van der Waals surface area (Å²) in [7, 11) is 0. The summed E-state index contributed by atoms with van der Waals surface area (Å²) in [5.41, 5.74) is -0.0136. The van der Waals surface area contributed by atoms with Crippen molar-refractivity contribution in [1.29, 1.82) is 0 Å². The minimum Gasteiger partial charge on any atom is -0.434 e. The number of carbonyl (C=O) groups is 2. The van der Waals surface area contributed by atoms with Gasteiger partial charge in [0, 0.05) is 10.9 Å². The maximum absolute atomic E-state index is 12.2. The molecule has 18 heavy (non-hydrogen) atoms. The highest BCUT2D eigenvalue weighted by Crippen LogP contribution is 2.26. The van der Waals surface area contributed by atoms with Crippen LogP contribution in [0.5, 0.6) is 5.75 Å². The lowest BCUT2D eigenvalue weighted by Gasteiger charge is -2.10. The molecule has 0 aliphatic rings. The van der Waals surface area contributed by atoms with Gasteiger partial charge in [-0.25, -0.2) is 0 Å². The molecule has 0 atom stereocenters. The Balaban J connectivity index is 2.99. The van der Waals surface area contributed by atoms with E-state index >= 15 is 0 Å². The van der Waals surface area contributed by atoms with Crippen LogP contribution in [0.3, 0.4) is 0 Å². The first-order valence-electron chi connectivity index (χ1n) is 5.23. The summed E-state index contributed by atoms with van der Waals surface area (Å²) in [4.78, 5) is 22.9. The summed E-state index contributed by atoms with van der Waals surface area (Å²) in [6.45, 7) is -1.39. The number of ketones is 2. The molecule has 0 fully saturated rings. The molecule has 3 nitrogen and oxygen atoms in total. The molecule has 6 heteroatoms. The number of hydrogen-bond donors (Lipinski definition) is 0. The first-order valence-corrected chi connectivity index (χ1v) is 6.02. The Morgan fingerprint density at radius 3 is 2.61 bits per heavy atom. The second-order valence-corrected chi connectivity index (χ2v) is 4.43. The normalized spacial score (nSPS) is 10.5. The zero-order valence-corrected chi connectivity index (χ0v) is 11.2. The third kappa shape index (κ3) is 4.18. The largest absolute Gasteiger partial charge is 0.434 e. The molecule has 0 heterocycles. The van der Waals surface area contributed by atoms with Crippen LogP contribution in [0.2, 0.25) is 0 Å². The molecular formula is C12H11BrF2O3. The van der Waals surface area contributed by atoms with E-state index in [0.29, 0.717) is 4.47 Å². The minimum atomic E-state index is -3.02. The van der Waals surface area contributed by atoms with E-state index in [9.17, 15) is 18.4 Å². The monoisotopic (exact) mass is 320 g/mol. The smallest absolute Gasteiger partial charge is 0.387 e. The van der Waals surface area contributed by atoms with Crippen molar-refractivity contribution < 1.29 is 23.1 Å². The summed E-state index contributed by atoms with van der Waals surface area (Å²) in [6, 6.07) is 4.16.